The molecule has 1 heterocycles. The van der Waals surface area contributed by atoms with Gasteiger partial charge in [-0.25, -0.2) is 5.43 Å². The van der Waals surface area contributed by atoms with Crippen LogP contribution in [0.15, 0.2) is 71.8 Å². The molecule has 0 saturated carbocycles. The number of nitrogens with one attached hydrogen (secondary N) is 1. The molecule has 0 aliphatic rings. The smallest absolute Gasteiger partial charge is 0.271 e. The highest BCUT2D eigenvalue weighted by Gasteiger charge is 2.07. The van der Waals surface area contributed by atoms with Gasteiger partial charge in [0.15, 0.2) is 0 Å². The number of nitrogens with zero attached hydrogens (tertiary/aromatic N) is 2. The van der Waals surface area contributed by atoms with E-state index in [2.05, 4.69) is 15.1 Å². The van der Waals surface area contributed by atoms with Crippen molar-refractivity contribution >= 4 is 12.1 Å². The van der Waals surface area contributed by atoms with Gasteiger partial charge in [-0.15, -0.1) is 0 Å². The van der Waals surface area contributed by atoms with Crippen molar-refractivity contribution in [3.05, 3.63) is 83.7 Å². The average molecular weight is 333 g/mol. The summed E-state index contributed by atoms with van der Waals surface area (Å²) in [5.74, 6) is 0.565. The first-order valence-electron chi connectivity index (χ1n) is 7.90. The summed E-state index contributed by atoms with van der Waals surface area (Å²) in [5.41, 5.74) is 6.06. The van der Waals surface area contributed by atoms with Crippen molar-refractivity contribution in [1.82, 2.24) is 9.99 Å². The highest BCUT2D eigenvalue weighted by Crippen LogP contribution is 2.19. The Bertz CT molecular complexity index is 881. The standard InChI is InChI=1S/C20H19N3O2/c1-15-8-9-18(23(15)17-10-12-19(25-2)13-11-17)14-21-22-20(24)16-6-4-3-5-7-16/h3-14H,1-2H3,(H,22,24)/b21-14+. The molecule has 0 aliphatic heterocycles. The lowest BCUT2D eigenvalue weighted by molar-refractivity contribution is 0.0955. The first kappa shape index (κ1) is 16.5. The molecule has 0 saturated heterocycles. The van der Waals surface area contributed by atoms with Crippen LogP contribution in [0.25, 0.3) is 5.69 Å². The van der Waals surface area contributed by atoms with Gasteiger partial charge >= 0.3 is 0 Å². The summed E-state index contributed by atoms with van der Waals surface area (Å²) >= 11 is 0. The fourth-order valence-electron chi connectivity index (χ4n) is 2.55. The van der Waals surface area contributed by atoms with Crippen molar-refractivity contribution in [3.8, 4) is 11.4 Å². The molecule has 3 rings (SSSR count). The Hall–Kier alpha value is -3.34. The van der Waals surface area contributed by atoms with Crippen LogP contribution in [0.3, 0.4) is 0 Å². The quantitative estimate of drug-likeness (QED) is 0.573. The topological polar surface area (TPSA) is 55.6 Å². The molecule has 5 nitrogen and oxygen atoms in total. The van der Waals surface area contributed by atoms with Gasteiger partial charge in [0.05, 0.1) is 19.0 Å². The van der Waals surface area contributed by atoms with E-state index in [0.29, 0.717) is 5.56 Å². The van der Waals surface area contributed by atoms with Crippen LogP contribution in [-0.2, 0) is 0 Å². The van der Waals surface area contributed by atoms with E-state index in [-0.39, 0.29) is 5.91 Å². The second-order valence-corrected chi connectivity index (χ2v) is 5.50. The summed E-state index contributed by atoms with van der Waals surface area (Å²) in [5, 5.41) is 4.08. The molecule has 0 bridgehead atoms. The number of ether oxygens (including phenoxy) is 1. The van der Waals surface area contributed by atoms with Crippen molar-refractivity contribution in [2.45, 2.75) is 6.92 Å². The summed E-state index contributed by atoms with van der Waals surface area (Å²) in [6.45, 7) is 2.02. The van der Waals surface area contributed by atoms with Crippen molar-refractivity contribution < 1.29 is 9.53 Å². The molecule has 1 N–H and O–H groups in total. The van der Waals surface area contributed by atoms with Crippen molar-refractivity contribution in [2.75, 3.05) is 7.11 Å². The molecule has 0 aliphatic carbocycles. The zero-order valence-corrected chi connectivity index (χ0v) is 14.1. The van der Waals surface area contributed by atoms with Crippen LogP contribution < -0.4 is 10.2 Å². The van der Waals surface area contributed by atoms with Crippen molar-refractivity contribution in [2.24, 2.45) is 5.10 Å². The first-order valence-corrected chi connectivity index (χ1v) is 7.90. The van der Waals surface area contributed by atoms with Gasteiger partial charge in [-0.1, -0.05) is 18.2 Å². The van der Waals surface area contributed by atoms with Gasteiger partial charge < -0.3 is 9.30 Å². The normalized spacial score (nSPS) is 10.8. The Kier molecular flexibility index (Phi) is 4.95. The van der Waals surface area contributed by atoms with Gasteiger partial charge in [-0.05, 0) is 55.5 Å². The number of aryl methyl sites for hydroxylation is 1. The number of methoxy groups -OCH3 is 1. The molecule has 126 valence electrons. The highest BCUT2D eigenvalue weighted by atomic mass is 16.5. The molecule has 0 unspecified atom stereocenters. The molecular formula is C20H19N3O2. The first-order chi connectivity index (χ1) is 12.2. The van der Waals surface area contributed by atoms with Crippen LogP contribution in [0.1, 0.15) is 21.7 Å². The van der Waals surface area contributed by atoms with Crippen LogP contribution in [0.4, 0.5) is 0 Å². The van der Waals surface area contributed by atoms with Crippen LogP contribution in [0.5, 0.6) is 5.75 Å². The fraction of sp³-hybridized carbons (Fsp3) is 0.100. The summed E-state index contributed by atoms with van der Waals surface area (Å²) in [6.07, 6.45) is 1.64. The summed E-state index contributed by atoms with van der Waals surface area (Å²) in [6, 6.07) is 20.7. The van der Waals surface area contributed by atoms with E-state index in [4.69, 9.17) is 4.74 Å². The third-order valence-electron chi connectivity index (χ3n) is 3.84. The Morgan fingerprint density at radius 2 is 1.76 bits per heavy atom. The van der Waals surface area contributed by atoms with E-state index in [0.717, 1.165) is 22.8 Å². The van der Waals surface area contributed by atoms with E-state index in [1.165, 1.54) is 0 Å². The SMILES string of the molecule is COc1ccc(-n2c(C)ccc2/C=N/NC(=O)c2ccccc2)cc1. The predicted octanol–water partition coefficient (Wildman–Crippen LogP) is 3.56. The summed E-state index contributed by atoms with van der Waals surface area (Å²) in [7, 11) is 1.64. The number of carbonyl (C=O) groups excluding carboxylic acids is 1. The maximum atomic E-state index is 12.0. The molecule has 2 aromatic carbocycles. The second-order valence-electron chi connectivity index (χ2n) is 5.50. The van der Waals surface area contributed by atoms with Gasteiger partial charge in [-0.3, -0.25) is 4.79 Å². The maximum Gasteiger partial charge on any atom is 0.271 e. The molecule has 3 aromatic rings. The lowest BCUT2D eigenvalue weighted by atomic mass is 10.2. The molecule has 0 fully saturated rings. The largest absolute Gasteiger partial charge is 0.497 e. The third-order valence-corrected chi connectivity index (χ3v) is 3.84. The number of amides is 1. The number of aromatic nitrogens is 1. The minimum Gasteiger partial charge on any atom is -0.497 e. The van der Waals surface area contributed by atoms with Crippen LogP contribution in [-0.4, -0.2) is 23.8 Å². The van der Waals surface area contributed by atoms with Crippen molar-refractivity contribution in [3.63, 3.8) is 0 Å². The third kappa shape index (κ3) is 3.77. The van der Waals surface area contributed by atoms with E-state index in [1.54, 1.807) is 25.5 Å². The molecule has 1 aromatic heterocycles. The monoisotopic (exact) mass is 333 g/mol. The minimum absolute atomic E-state index is 0.240. The van der Waals surface area contributed by atoms with Gasteiger partial charge in [-0.2, -0.15) is 5.10 Å². The number of benzene rings is 2. The maximum absolute atomic E-state index is 12.0. The lowest BCUT2D eigenvalue weighted by Crippen LogP contribution is -2.17. The van der Waals surface area contributed by atoms with Gasteiger partial charge in [0.1, 0.15) is 5.75 Å². The number of hydrazone groups is 1. The molecule has 0 radical (unpaired) electrons. The predicted molar refractivity (Wildman–Crippen MR) is 98.6 cm³/mol. The molecule has 0 spiro atoms. The fourth-order valence-corrected chi connectivity index (χ4v) is 2.55. The van der Waals surface area contributed by atoms with Gasteiger partial charge in [0.2, 0.25) is 0 Å². The van der Waals surface area contributed by atoms with Crippen LogP contribution in [0, 0.1) is 6.92 Å². The summed E-state index contributed by atoms with van der Waals surface area (Å²) < 4.78 is 7.25. The number of hydrogen-bond acceptors (Lipinski definition) is 3. The van der Waals surface area contributed by atoms with Gasteiger partial charge in [0, 0.05) is 16.9 Å². The van der Waals surface area contributed by atoms with Crippen LogP contribution in [0.2, 0.25) is 0 Å². The Morgan fingerprint density at radius 3 is 2.44 bits per heavy atom. The molecular weight excluding hydrogens is 314 g/mol. The second kappa shape index (κ2) is 7.49. The van der Waals surface area contributed by atoms with E-state index >= 15 is 0 Å². The molecule has 5 heteroatoms. The zero-order chi connectivity index (χ0) is 17.6. The van der Waals surface area contributed by atoms with E-state index < -0.39 is 0 Å². The highest BCUT2D eigenvalue weighted by molar-refractivity contribution is 5.94. The van der Waals surface area contributed by atoms with E-state index in [9.17, 15) is 4.79 Å². The van der Waals surface area contributed by atoms with E-state index in [1.807, 2.05) is 61.5 Å². The molecule has 1 amide bonds. The van der Waals surface area contributed by atoms with Crippen LogP contribution >= 0.6 is 0 Å². The Morgan fingerprint density at radius 1 is 1.04 bits per heavy atom. The molecule has 25 heavy (non-hydrogen) atoms. The lowest BCUT2D eigenvalue weighted by Gasteiger charge is -2.10. The van der Waals surface area contributed by atoms with Crippen molar-refractivity contribution in [1.29, 1.82) is 0 Å². The number of rotatable bonds is 5. The Balaban J connectivity index is 1.78. The number of carbonyl (C=O) groups is 1. The zero-order valence-electron chi connectivity index (χ0n) is 14.1. The summed E-state index contributed by atoms with van der Waals surface area (Å²) in [4.78, 5) is 12.0. The Labute approximate surface area is 146 Å². The average Bonchev–Trinajstić information content (AvgIpc) is 3.03. The molecule has 0 atom stereocenters. The van der Waals surface area contributed by atoms with Gasteiger partial charge in [0.25, 0.3) is 5.91 Å². The number of hydrogen-bond donors (Lipinski definition) is 1. The minimum atomic E-state index is -0.240.